The Bertz CT molecular complexity index is 788. The number of amides is 1. The van der Waals surface area contributed by atoms with Crippen molar-refractivity contribution in [2.75, 3.05) is 6.54 Å². The number of rotatable bonds is 3. The van der Waals surface area contributed by atoms with Crippen molar-refractivity contribution in [2.45, 2.75) is 40.2 Å². The SMILES string of the molecule is CC(C)(C)CN1Cc2c(ccc3[nH]ncc23)CC(CC(=O)O)C1=O. The molecule has 0 radical (unpaired) electrons. The van der Waals surface area contributed by atoms with E-state index in [9.17, 15) is 14.7 Å². The number of carbonyl (C=O) groups excluding carboxylic acids is 1. The number of carboxylic acids is 1. The van der Waals surface area contributed by atoms with Gasteiger partial charge in [0.1, 0.15) is 0 Å². The molecule has 0 bridgehead atoms. The van der Waals surface area contributed by atoms with Crippen LogP contribution in [0.1, 0.15) is 38.3 Å². The van der Waals surface area contributed by atoms with Crippen molar-refractivity contribution in [2.24, 2.45) is 11.3 Å². The van der Waals surface area contributed by atoms with E-state index in [1.54, 1.807) is 6.20 Å². The molecular weight excluding hydrogens is 306 g/mol. The molecule has 1 unspecified atom stereocenters. The molecule has 0 saturated carbocycles. The van der Waals surface area contributed by atoms with Gasteiger partial charge in [-0.2, -0.15) is 5.10 Å². The van der Waals surface area contributed by atoms with Crippen LogP contribution >= 0.6 is 0 Å². The van der Waals surface area contributed by atoms with Gasteiger partial charge in [0.15, 0.2) is 0 Å². The third-order valence-corrected chi connectivity index (χ3v) is 4.40. The molecule has 1 aromatic heterocycles. The van der Waals surface area contributed by atoms with E-state index in [1.807, 2.05) is 17.0 Å². The molecule has 2 aromatic rings. The smallest absolute Gasteiger partial charge is 0.304 e. The molecule has 1 aliphatic rings. The van der Waals surface area contributed by atoms with E-state index in [4.69, 9.17) is 0 Å². The summed E-state index contributed by atoms with van der Waals surface area (Å²) in [5.74, 6) is -1.52. The number of H-pyrrole nitrogens is 1. The van der Waals surface area contributed by atoms with Crippen LogP contribution in [0.5, 0.6) is 0 Å². The Morgan fingerprint density at radius 2 is 2.17 bits per heavy atom. The number of aromatic nitrogens is 2. The Morgan fingerprint density at radius 3 is 2.83 bits per heavy atom. The highest BCUT2D eigenvalue weighted by Crippen LogP contribution is 2.31. The summed E-state index contributed by atoms with van der Waals surface area (Å²) in [6.07, 6.45) is 2.11. The fraction of sp³-hybridized carbons (Fsp3) is 0.500. The molecule has 0 saturated heterocycles. The molecule has 2 heterocycles. The molecule has 2 N–H and O–H groups in total. The van der Waals surface area contributed by atoms with Crippen LogP contribution in [-0.4, -0.2) is 38.6 Å². The second-order valence-corrected chi connectivity index (χ2v) is 7.79. The van der Waals surface area contributed by atoms with Crippen LogP contribution in [0.4, 0.5) is 0 Å². The van der Waals surface area contributed by atoms with Gasteiger partial charge in [0.25, 0.3) is 0 Å². The maximum atomic E-state index is 12.9. The highest BCUT2D eigenvalue weighted by atomic mass is 16.4. The number of hydrogen-bond donors (Lipinski definition) is 2. The summed E-state index contributed by atoms with van der Waals surface area (Å²) in [7, 11) is 0. The average molecular weight is 329 g/mol. The maximum Gasteiger partial charge on any atom is 0.304 e. The fourth-order valence-corrected chi connectivity index (χ4v) is 3.46. The number of nitrogens with one attached hydrogen (secondary N) is 1. The summed E-state index contributed by atoms with van der Waals surface area (Å²) in [5.41, 5.74) is 3.00. The van der Waals surface area contributed by atoms with Crippen molar-refractivity contribution >= 4 is 22.8 Å². The summed E-state index contributed by atoms with van der Waals surface area (Å²) >= 11 is 0. The van der Waals surface area contributed by atoms with Crippen molar-refractivity contribution in [1.82, 2.24) is 15.1 Å². The summed E-state index contributed by atoms with van der Waals surface area (Å²) in [4.78, 5) is 26.0. The highest BCUT2D eigenvalue weighted by Gasteiger charge is 2.33. The molecule has 1 aromatic carbocycles. The molecule has 1 aliphatic heterocycles. The first-order chi connectivity index (χ1) is 11.2. The Kier molecular flexibility index (Phi) is 4.07. The van der Waals surface area contributed by atoms with E-state index in [2.05, 4.69) is 31.0 Å². The number of carboxylic acid groups (broad SMARTS) is 1. The summed E-state index contributed by atoms with van der Waals surface area (Å²) in [5, 5.41) is 17.3. The molecule has 3 rings (SSSR count). The number of aromatic amines is 1. The van der Waals surface area contributed by atoms with Gasteiger partial charge in [-0.1, -0.05) is 26.8 Å². The van der Waals surface area contributed by atoms with Crippen LogP contribution in [0.25, 0.3) is 10.9 Å². The average Bonchev–Trinajstić information content (AvgIpc) is 2.89. The lowest BCUT2D eigenvalue weighted by Crippen LogP contribution is -2.40. The summed E-state index contributed by atoms with van der Waals surface area (Å²) < 4.78 is 0. The first-order valence-electron chi connectivity index (χ1n) is 8.19. The molecule has 0 spiro atoms. The summed E-state index contributed by atoms with van der Waals surface area (Å²) in [6.45, 7) is 7.33. The second kappa shape index (κ2) is 5.92. The van der Waals surface area contributed by atoms with Crippen molar-refractivity contribution < 1.29 is 14.7 Å². The first kappa shape index (κ1) is 16.5. The van der Waals surface area contributed by atoms with E-state index < -0.39 is 11.9 Å². The number of benzene rings is 1. The van der Waals surface area contributed by atoms with Crippen LogP contribution in [-0.2, 0) is 22.6 Å². The molecule has 6 nitrogen and oxygen atoms in total. The molecule has 0 aliphatic carbocycles. The van der Waals surface area contributed by atoms with Crippen LogP contribution in [0.3, 0.4) is 0 Å². The quantitative estimate of drug-likeness (QED) is 0.906. The van der Waals surface area contributed by atoms with Gasteiger partial charge in [0, 0.05) is 18.5 Å². The van der Waals surface area contributed by atoms with Gasteiger partial charge < -0.3 is 10.0 Å². The molecular formula is C18H23N3O3. The van der Waals surface area contributed by atoms with Gasteiger partial charge in [-0.3, -0.25) is 14.7 Å². The van der Waals surface area contributed by atoms with Gasteiger partial charge in [-0.15, -0.1) is 0 Å². The molecule has 1 atom stereocenters. The lowest BCUT2D eigenvalue weighted by atomic mass is 9.93. The Morgan fingerprint density at radius 1 is 1.42 bits per heavy atom. The zero-order valence-corrected chi connectivity index (χ0v) is 14.3. The van der Waals surface area contributed by atoms with Crippen molar-refractivity contribution in [1.29, 1.82) is 0 Å². The monoisotopic (exact) mass is 329 g/mol. The van der Waals surface area contributed by atoms with Crippen molar-refractivity contribution in [3.63, 3.8) is 0 Å². The molecule has 128 valence electrons. The Hall–Kier alpha value is -2.37. The first-order valence-corrected chi connectivity index (χ1v) is 8.19. The molecule has 24 heavy (non-hydrogen) atoms. The molecule has 6 heteroatoms. The zero-order valence-electron chi connectivity index (χ0n) is 14.3. The topological polar surface area (TPSA) is 86.3 Å². The number of carbonyl (C=O) groups is 2. The standard InChI is InChI=1S/C18H23N3O3/c1-18(2,3)10-21-9-14-11(4-5-15-13(14)8-19-20-15)6-12(17(21)24)7-16(22)23/h4-5,8,12H,6-7,9-10H2,1-3H3,(H,19,20)(H,22,23). The van der Waals surface area contributed by atoms with Crippen LogP contribution < -0.4 is 0 Å². The van der Waals surface area contributed by atoms with Crippen molar-refractivity contribution in [3.8, 4) is 0 Å². The minimum atomic E-state index is -0.933. The third kappa shape index (κ3) is 3.27. The van der Waals surface area contributed by atoms with E-state index >= 15 is 0 Å². The second-order valence-electron chi connectivity index (χ2n) is 7.79. The lowest BCUT2D eigenvalue weighted by molar-refractivity contribution is -0.145. The van der Waals surface area contributed by atoms with Crippen LogP contribution in [0.2, 0.25) is 0 Å². The van der Waals surface area contributed by atoms with E-state index in [1.165, 1.54) is 0 Å². The van der Waals surface area contributed by atoms with E-state index in [0.717, 1.165) is 22.0 Å². The minimum absolute atomic E-state index is 0.0573. The van der Waals surface area contributed by atoms with Gasteiger partial charge >= 0.3 is 5.97 Å². The summed E-state index contributed by atoms with van der Waals surface area (Å²) in [6, 6.07) is 3.93. The van der Waals surface area contributed by atoms with E-state index in [-0.39, 0.29) is 17.7 Å². The Labute approximate surface area is 140 Å². The fourth-order valence-electron chi connectivity index (χ4n) is 3.46. The highest BCUT2D eigenvalue weighted by molar-refractivity contribution is 5.87. The normalized spacial score (nSPS) is 18.5. The largest absolute Gasteiger partial charge is 0.481 e. The molecule has 0 fully saturated rings. The number of aliphatic carboxylic acids is 1. The van der Waals surface area contributed by atoms with E-state index in [0.29, 0.717) is 19.5 Å². The number of fused-ring (bicyclic) bond motifs is 3. The number of nitrogens with zero attached hydrogens (tertiary/aromatic N) is 2. The maximum absolute atomic E-state index is 12.9. The zero-order chi connectivity index (χ0) is 17.5. The number of hydrogen-bond acceptors (Lipinski definition) is 3. The molecule has 1 amide bonds. The van der Waals surface area contributed by atoms with Crippen molar-refractivity contribution in [3.05, 3.63) is 29.5 Å². The van der Waals surface area contributed by atoms with Gasteiger partial charge in [-0.25, -0.2) is 0 Å². The lowest BCUT2D eigenvalue weighted by Gasteiger charge is -2.31. The predicted octanol–water partition coefficient (Wildman–Crippen LogP) is 2.58. The minimum Gasteiger partial charge on any atom is -0.481 e. The predicted molar refractivity (Wildman–Crippen MR) is 90.4 cm³/mol. The van der Waals surface area contributed by atoms with Crippen LogP contribution in [0.15, 0.2) is 18.3 Å². The Balaban J connectivity index is 2.06. The van der Waals surface area contributed by atoms with Gasteiger partial charge in [0.05, 0.1) is 24.1 Å². The van der Waals surface area contributed by atoms with Crippen LogP contribution in [0, 0.1) is 11.3 Å². The third-order valence-electron chi connectivity index (χ3n) is 4.40. The van der Waals surface area contributed by atoms with Gasteiger partial charge in [-0.05, 0) is 29.0 Å². The van der Waals surface area contributed by atoms with Gasteiger partial charge in [0.2, 0.25) is 5.91 Å².